The summed E-state index contributed by atoms with van der Waals surface area (Å²) in [6.45, 7) is 0. The lowest BCUT2D eigenvalue weighted by atomic mass is 10.1. The van der Waals surface area contributed by atoms with Crippen LogP contribution in [0.3, 0.4) is 0 Å². The number of hydrogen-bond acceptors (Lipinski definition) is 4. The average molecular weight is 352 g/mol. The van der Waals surface area contributed by atoms with Crippen molar-refractivity contribution in [2.75, 3.05) is 6.26 Å². The van der Waals surface area contributed by atoms with Crippen LogP contribution < -0.4 is 5.43 Å². The van der Waals surface area contributed by atoms with Gasteiger partial charge in [0, 0.05) is 17.4 Å². The molecule has 0 unspecified atom stereocenters. The van der Waals surface area contributed by atoms with Gasteiger partial charge < -0.3 is 0 Å². The first-order chi connectivity index (χ1) is 11.9. The van der Waals surface area contributed by atoms with Crippen molar-refractivity contribution in [1.82, 2.24) is 5.43 Å². The molecule has 1 N–H and O–H groups in total. The minimum absolute atomic E-state index is 0.170. The van der Waals surface area contributed by atoms with Gasteiger partial charge in [0.2, 0.25) is 0 Å². The topological polar surface area (TPSA) is 75.6 Å². The molecule has 0 saturated carbocycles. The molecule has 1 amide bonds. The molecule has 0 saturated heterocycles. The van der Waals surface area contributed by atoms with Crippen LogP contribution in [0.25, 0.3) is 10.8 Å². The molecule has 25 heavy (non-hydrogen) atoms. The van der Waals surface area contributed by atoms with E-state index < -0.39 is 15.7 Å². The number of carbonyl (C=O) groups is 1. The van der Waals surface area contributed by atoms with Crippen molar-refractivity contribution in [2.45, 2.75) is 4.90 Å². The molecule has 0 bridgehead atoms. The lowest BCUT2D eigenvalue weighted by Gasteiger charge is -2.03. The summed E-state index contributed by atoms with van der Waals surface area (Å²) in [5, 5.41) is 6.13. The first kappa shape index (κ1) is 16.9. The minimum Gasteiger partial charge on any atom is -0.267 e. The molecular weight excluding hydrogens is 336 g/mol. The molecule has 3 rings (SSSR count). The fourth-order valence-corrected chi connectivity index (χ4v) is 3.07. The van der Waals surface area contributed by atoms with Crippen LogP contribution in [0, 0.1) is 0 Å². The van der Waals surface area contributed by atoms with Crippen molar-refractivity contribution in [2.24, 2.45) is 5.10 Å². The summed E-state index contributed by atoms with van der Waals surface area (Å²) in [7, 11) is -3.28. The third-order valence-electron chi connectivity index (χ3n) is 3.74. The van der Waals surface area contributed by atoms with Gasteiger partial charge in [0.05, 0.1) is 11.1 Å². The molecule has 3 aromatic carbocycles. The number of carbonyl (C=O) groups excluding carboxylic acids is 1. The van der Waals surface area contributed by atoms with E-state index in [9.17, 15) is 13.2 Å². The first-order valence-corrected chi connectivity index (χ1v) is 9.45. The largest absolute Gasteiger partial charge is 0.271 e. The summed E-state index contributed by atoms with van der Waals surface area (Å²) in [4.78, 5) is 12.3. The summed E-state index contributed by atoms with van der Waals surface area (Å²) in [5.74, 6) is -0.406. The van der Waals surface area contributed by atoms with Gasteiger partial charge in [0.15, 0.2) is 9.84 Å². The van der Waals surface area contributed by atoms with Crippen LogP contribution in [0.15, 0.2) is 76.7 Å². The second-order valence-electron chi connectivity index (χ2n) is 5.56. The molecule has 5 nitrogen and oxygen atoms in total. The minimum atomic E-state index is -3.28. The fourth-order valence-electron chi connectivity index (χ4n) is 2.44. The number of amides is 1. The Morgan fingerprint density at radius 1 is 0.960 bits per heavy atom. The molecule has 0 spiro atoms. The van der Waals surface area contributed by atoms with E-state index in [1.807, 2.05) is 42.5 Å². The molecule has 0 fully saturated rings. The number of sulfone groups is 1. The maximum Gasteiger partial charge on any atom is 0.271 e. The van der Waals surface area contributed by atoms with E-state index >= 15 is 0 Å². The third-order valence-corrected chi connectivity index (χ3v) is 4.87. The van der Waals surface area contributed by atoms with Crippen molar-refractivity contribution < 1.29 is 13.2 Å². The molecule has 0 heterocycles. The summed E-state index contributed by atoms with van der Waals surface area (Å²) in [6, 6.07) is 19.5. The number of benzene rings is 3. The SMILES string of the molecule is CS(=O)(=O)c1ccc(C(=O)N/N=C/c2cccc3ccccc23)cc1. The predicted molar refractivity (Wildman–Crippen MR) is 98.6 cm³/mol. The van der Waals surface area contributed by atoms with E-state index in [1.54, 1.807) is 6.21 Å². The van der Waals surface area contributed by atoms with Gasteiger partial charge in [-0.15, -0.1) is 0 Å². The van der Waals surface area contributed by atoms with Gasteiger partial charge in [-0.2, -0.15) is 5.10 Å². The Labute approximate surface area is 145 Å². The lowest BCUT2D eigenvalue weighted by Crippen LogP contribution is -2.17. The van der Waals surface area contributed by atoms with Crippen LogP contribution in [0.1, 0.15) is 15.9 Å². The van der Waals surface area contributed by atoms with Crippen LogP contribution in [0.2, 0.25) is 0 Å². The molecule has 6 heteroatoms. The Kier molecular flexibility index (Phi) is 4.63. The van der Waals surface area contributed by atoms with Gasteiger partial charge in [-0.25, -0.2) is 13.8 Å². The van der Waals surface area contributed by atoms with E-state index in [0.29, 0.717) is 5.56 Å². The summed E-state index contributed by atoms with van der Waals surface area (Å²) in [5.41, 5.74) is 3.68. The second-order valence-corrected chi connectivity index (χ2v) is 7.58. The van der Waals surface area contributed by atoms with Crippen molar-refractivity contribution >= 4 is 32.7 Å². The standard InChI is InChI=1S/C19H16N2O3S/c1-25(23,24)17-11-9-15(10-12-17)19(22)21-20-13-16-7-4-6-14-5-2-3-8-18(14)16/h2-13H,1H3,(H,21,22)/b20-13+. The van der Waals surface area contributed by atoms with Gasteiger partial charge >= 0.3 is 0 Å². The van der Waals surface area contributed by atoms with Gasteiger partial charge in [-0.3, -0.25) is 4.79 Å². The number of hydrazone groups is 1. The number of nitrogens with zero attached hydrogens (tertiary/aromatic N) is 1. The predicted octanol–water partition coefficient (Wildman–Crippen LogP) is 3.01. The molecule has 126 valence electrons. The van der Waals surface area contributed by atoms with Gasteiger partial charge in [-0.05, 0) is 35.0 Å². The van der Waals surface area contributed by atoms with E-state index in [0.717, 1.165) is 22.6 Å². The van der Waals surface area contributed by atoms with Crippen LogP contribution in [0.4, 0.5) is 0 Å². The Morgan fingerprint density at radius 2 is 1.64 bits per heavy atom. The highest BCUT2D eigenvalue weighted by atomic mass is 32.2. The van der Waals surface area contributed by atoms with Crippen molar-refractivity contribution in [3.05, 3.63) is 77.9 Å². The van der Waals surface area contributed by atoms with E-state index in [4.69, 9.17) is 0 Å². The molecule has 3 aromatic rings. The quantitative estimate of drug-likeness (QED) is 0.579. The molecule has 0 aliphatic rings. The zero-order valence-corrected chi connectivity index (χ0v) is 14.3. The fraction of sp³-hybridized carbons (Fsp3) is 0.0526. The van der Waals surface area contributed by atoms with Gasteiger partial charge in [-0.1, -0.05) is 42.5 Å². The van der Waals surface area contributed by atoms with Gasteiger partial charge in [0.25, 0.3) is 5.91 Å². The molecular formula is C19H16N2O3S. The Bertz CT molecular complexity index is 1050. The molecule has 0 aromatic heterocycles. The molecule has 0 aliphatic heterocycles. The maximum atomic E-state index is 12.1. The monoisotopic (exact) mass is 352 g/mol. The van der Waals surface area contributed by atoms with Crippen molar-refractivity contribution in [3.63, 3.8) is 0 Å². The zero-order valence-electron chi connectivity index (χ0n) is 13.5. The van der Waals surface area contributed by atoms with Crippen LogP contribution in [-0.4, -0.2) is 26.8 Å². The molecule has 0 atom stereocenters. The Morgan fingerprint density at radius 3 is 2.36 bits per heavy atom. The Balaban J connectivity index is 1.74. The zero-order chi connectivity index (χ0) is 17.9. The summed E-state index contributed by atoms with van der Waals surface area (Å²) < 4.78 is 22.9. The number of nitrogens with one attached hydrogen (secondary N) is 1. The maximum absolute atomic E-state index is 12.1. The summed E-state index contributed by atoms with van der Waals surface area (Å²) >= 11 is 0. The second kappa shape index (κ2) is 6.86. The first-order valence-electron chi connectivity index (χ1n) is 7.56. The number of fused-ring (bicyclic) bond motifs is 1. The van der Waals surface area contributed by atoms with E-state index in [-0.39, 0.29) is 4.90 Å². The van der Waals surface area contributed by atoms with Crippen molar-refractivity contribution in [3.8, 4) is 0 Å². The highest BCUT2D eigenvalue weighted by Gasteiger charge is 2.09. The van der Waals surface area contributed by atoms with E-state index in [2.05, 4.69) is 10.5 Å². The lowest BCUT2D eigenvalue weighted by molar-refractivity contribution is 0.0955. The van der Waals surface area contributed by atoms with Crippen LogP contribution >= 0.6 is 0 Å². The number of rotatable bonds is 4. The summed E-state index contributed by atoms with van der Waals surface area (Å²) in [6.07, 6.45) is 2.71. The highest BCUT2D eigenvalue weighted by molar-refractivity contribution is 7.90. The third kappa shape index (κ3) is 3.92. The van der Waals surface area contributed by atoms with Crippen molar-refractivity contribution in [1.29, 1.82) is 0 Å². The van der Waals surface area contributed by atoms with Crippen LogP contribution in [0.5, 0.6) is 0 Å². The molecule has 0 radical (unpaired) electrons. The number of hydrogen-bond donors (Lipinski definition) is 1. The average Bonchev–Trinajstić information content (AvgIpc) is 2.61. The smallest absolute Gasteiger partial charge is 0.267 e. The normalized spacial score (nSPS) is 11.7. The van der Waals surface area contributed by atoms with Crippen LogP contribution in [-0.2, 0) is 9.84 Å². The highest BCUT2D eigenvalue weighted by Crippen LogP contribution is 2.16. The Hall–Kier alpha value is -2.99. The molecule has 0 aliphatic carbocycles. The van der Waals surface area contributed by atoms with Gasteiger partial charge in [0.1, 0.15) is 0 Å². The van der Waals surface area contributed by atoms with E-state index in [1.165, 1.54) is 24.3 Å².